The number of aromatic hydroxyl groups is 1. The summed E-state index contributed by atoms with van der Waals surface area (Å²) in [6.45, 7) is 0. The monoisotopic (exact) mass is 451 g/mol. The minimum Gasteiger partial charge on any atom is -0.503 e. The van der Waals surface area contributed by atoms with Gasteiger partial charge in [0.05, 0.1) is 29.2 Å². The summed E-state index contributed by atoms with van der Waals surface area (Å²) in [5.74, 6) is -6.72. The molecule has 0 spiro atoms. The number of phenols is 1. The number of aromatic nitrogens is 1. The molecular weight excluding hydrogens is 437 g/mol. The Balaban J connectivity index is 1.71. The van der Waals surface area contributed by atoms with Crippen molar-refractivity contribution in [1.29, 1.82) is 5.26 Å². The standard InChI is InChI=1S/C21H14F5N3O3/c22-15-11(9-12(21(24,25)26)16(23)17(15)30)19-28-13-8-10(2-3-14(13)32-19)18(31)29-20(6-7-27)4-1-5-20/h2-3,8-9,30H,1,4-6H2,(H,29,31). The molecule has 1 aliphatic carbocycles. The SMILES string of the molecule is N#CCC1(NC(=O)c2ccc3oc(-c4cc(C(F)(F)F)c(F)c(O)c4F)nc3c2)CCC1. The first-order valence-corrected chi connectivity index (χ1v) is 9.43. The molecule has 0 bridgehead atoms. The lowest BCUT2D eigenvalue weighted by Gasteiger charge is -2.40. The Bertz CT molecular complexity index is 1270. The molecule has 6 nitrogen and oxygen atoms in total. The average Bonchev–Trinajstić information content (AvgIpc) is 3.12. The summed E-state index contributed by atoms with van der Waals surface area (Å²) < 4.78 is 72.4. The number of phenolic OH excluding ortho intramolecular Hbond substituents is 1. The minimum atomic E-state index is -5.19. The van der Waals surface area contributed by atoms with E-state index in [9.17, 15) is 31.9 Å². The first-order valence-electron chi connectivity index (χ1n) is 9.43. The van der Waals surface area contributed by atoms with Crippen molar-refractivity contribution >= 4 is 17.0 Å². The molecule has 2 aromatic carbocycles. The summed E-state index contributed by atoms with van der Waals surface area (Å²) >= 11 is 0. The van der Waals surface area contributed by atoms with Crippen LogP contribution in [0, 0.1) is 23.0 Å². The Morgan fingerprint density at radius 2 is 1.97 bits per heavy atom. The molecule has 0 radical (unpaired) electrons. The number of oxazole rings is 1. The van der Waals surface area contributed by atoms with Gasteiger partial charge in [-0.1, -0.05) is 0 Å². The van der Waals surface area contributed by atoms with Crippen LogP contribution in [0.3, 0.4) is 0 Å². The van der Waals surface area contributed by atoms with Crippen LogP contribution in [0.5, 0.6) is 5.75 Å². The highest BCUT2D eigenvalue weighted by molar-refractivity contribution is 5.97. The number of hydrogen-bond donors (Lipinski definition) is 2. The highest BCUT2D eigenvalue weighted by Crippen LogP contribution is 2.41. The number of carbonyl (C=O) groups excluding carboxylic acids is 1. The molecule has 1 heterocycles. The van der Waals surface area contributed by atoms with Crippen LogP contribution in [0.1, 0.15) is 41.6 Å². The van der Waals surface area contributed by atoms with E-state index >= 15 is 0 Å². The highest BCUT2D eigenvalue weighted by Gasteiger charge is 2.39. The lowest BCUT2D eigenvalue weighted by molar-refractivity contribution is -0.140. The number of nitrogens with one attached hydrogen (secondary N) is 1. The smallest absolute Gasteiger partial charge is 0.419 e. The van der Waals surface area contributed by atoms with Gasteiger partial charge in [-0.15, -0.1) is 0 Å². The summed E-state index contributed by atoms with van der Waals surface area (Å²) in [5.41, 5.74) is -3.15. The van der Waals surface area contributed by atoms with Crippen molar-refractivity contribution < 1.29 is 36.3 Å². The quantitative estimate of drug-likeness (QED) is 0.540. The number of nitriles is 1. The first kappa shape index (κ1) is 21.5. The minimum absolute atomic E-state index is 0.0312. The molecule has 0 unspecified atom stereocenters. The van der Waals surface area contributed by atoms with E-state index in [1.165, 1.54) is 18.2 Å². The van der Waals surface area contributed by atoms with Gasteiger partial charge in [0.15, 0.2) is 23.0 Å². The van der Waals surface area contributed by atoms with Crippen molar-refractivity contribution in [1.82, 2.24) is 10.3 Å². The van der Waals surface area contributed by atoms with E-state index in [0.29, 0.717) is 12.8 Å². The molecule has 1 aliphatic rings. The van der Waals surface area contributed by atoms with Crippen molar-refractivity contribution in [3.8, 4) is 23.3 Å². The van der Waals surface area contributed by atoms with Gasteiger partial charge >= 0.3 is 6.18 Å². The van der Waals surface area contributed by atoms with Crippen LogP contribution < -0.4 is 5.32 Å². The number of carbonyl (C=O) groups is 1. The number of benzene rings is 2. The third-order valence-corrected chi connectivity index (χ3v) is 5.47. The average molecular weight is 451 g/mol. The van der Waals surface area contributed by atoms with E-state index in [1.54, 1.807) is 0 Å². The number of rotatable bonds is 4. The Labute approximate surface area is 177 Å². The maximum atomic E-state index is 14.3. The van der Waals surface area contributed by atoms with Gasteiger partial charge in [0.25, 0.3) is 5.91 Å². The lowest BCUT2D eigenvalue weighted by Crippen LogP contribution is -2.53. The zero-order valence-electron chi connectivity index (χ0n) is 16.2. The Hall–Kier alpha value is -3.68. The molecule has 2 N–H and O–H groups in total. The van der Waals surface area contributed by atoms with Gasteiger partial charge in [0, 0.05) is 5.56 Å². The summed E-state index contributed by atoms with van der Waals surface area (Å²) in [5, 5.41) is 21.3. The van der Waals surface area contributed by atoms with Crippen molar-refractivity contribution in [2.75, 3.05) is 0 Å². The second-order valence-electron chi connectivity index (χ2n) is 7.57. The fourth-order valence-corrected chi connectivity index (χ4v) is 3.58. The van der Waals surface area contributed by atoms with Crippen molar-refractivity contribution in [2.24, 2.45) is 0 Å². The predicted octanol–water partition coefficient (Wildman–Crippen LogP) is 5.06. The van der Waals surface area contributed by atoms with Gasteiger partial charge in [-0.3, -0.25) is 4.79 Å². The number of halogens is 5. The molecule has 4 rings (SSSR count). The molecule has 1 fully saturated rings. The summed E-state index contributed by atoms with van der Waals surface area (Å²) in [4.78, 5) is 16.5. The number of amides is 1. The van der Waals surface area contributed by atoms with Crippen LogP contribution in [0.4, 0.5) is 22.0 Å². The first-order chi connectivity index (χ1) is 15.0. The second-order valence-corrected chi connectivity index (χ2v) is 7.57. The van der Waals surface area contributed by atoms with Gasteiger partial charge in [0.1, 0.15) is 5.52 Å². The maximum Gasteiger partial charge on any atom is 0.419 e. The van der Waals surface area contributed by atoms with Gasteiger partial charge < -0.3 is 14.8 Å². The molecule has 1 aromatic heterocycles. The molecule has 0 atom stereocenters. The van der Waals surface area contributed by atoms with Crippen LogP contribution in [0.2, 0.25) is 0 Å². The molecule has 0 saturated heterocycles. The molecular formula is C21H14F5N3O3. The van der Waals surface area contributed by atoms with Gasteiger partial charge in [0.2, 0.25) is 5.89 Å². The lowest BCUT2D eigenvalue weighted by atomic mass is 9.74. The zero-order chi connectivity index (χ0) is 23.3. The van der Waals surface area contributed by atoms with E-state index in [1.807, 2.05) is 6.07 Å². The maximum absolute atomic E-state index is 14.3. The van der Waals surface area contributed by atoms with Crippen LogP contribution >= 0.6 is 0 Å². The molecule has 3 aromatic rings. The van der Waals surface area contributed by atoms with Crippen molar-refractivity contribution in [3.63, 3.8) is 0 Å². The molecule has 166 valence electrons. The summed E-state index contributed by atoms with van der Waals surface area (Å²) in [7, 11) is 0. The Kier molecular flexibility index (Phi) is 5.03. The fourth-order valence-electron chi connectivity index (χ4n) is 3.58. The van der Waals surface area contributed by atoms with E-state index in [4.69, 9.17) is 9.68 Å². The summed E-state index contributed by atoms with van der Waals surface area (Å²) in [6, 6.07) is 6.20. The zero-order valence-corrected chi connectivity index (χ0v) is 16.2. The Morgan fingerprint density at radius 1 is 1.25 bits per heavy atom. The Morgan fingerprint density at radius 3 is 2.56 bits per heavy atom. The summed E-state index contributed by atoms with van der Waals surface area (Å²) in [6.07, 6.45) is -2.83. The van der Waals surface area contributed by atoms with E-state index in [-0.39, 0.29) is 29.2 Å². The van der Waals surface area contributed by atoms with E-state index in [0.717, 1.165) is 6.42 Å². The highest BCUT2D eigenvalue weighted by atomic mass is 19.4. The third kappa shape index (κ3) is 3.62. The van der Waals surface area contributed by atoms with Crippen LogP contribution in [-0.4, -0.2) is 21.5 Å². The topological polar surface area (TPSA) is 99.2 Å². The van der Waals surface area contributed by atoms with Crippen LogP contribution in [0.15, 0.2) is 28.7 Å². The van der Waals surface area contributed by atoms with E-state index < -0.39 is 52.0 Å². The largest absolute Gasteiger partial charge is 0.503 e. The number of fused-ring (bicyclic) bond motifs is 1. The van der Waals surface area contributed by atoms with Gasteiger partial charge in [-0.25, -0.2) is 13.8 Å². The number of alkyl halides is 3. The predicted molar refractivity (Wildman–Crippen MR) is 100 cm³/mol. The van der Waals surface area contributed by atoms with Crippen LogP contribution in [-0.2, 0) is 6.18 Å². The van der Waals surface area contributed by atoms with Crippen LogP contribution in [0.25, 0.3) is 22.6 Å². The van der Waals surface area contributed by atoms with Gasteiger partial charge in [-0.2, -0.15) is 18.4 Å². The third-order valence-electron chi connectivity index (χ3n) is 5.47. The van der Waals surface area contributed by atoms with Crippen molar-refractivity contribution in [2.45, 2.75) is 37.4 Å². The molecule has 32 heavy (non-hydrogen) atoms. The van der Waals surface area contributed by atoms with Gasteiger partial charge in [-0.05, 0) is 43.5 Å². The number of hydrogen-bond acceptors (Lipinski definition) is 5. The molecule has 1 amide bonds. The fraction of sp³-hybridized carbons (Fsp3) is 0.286. The molecule has 11 heteroatoms. The molecule has 1 saturated carbocycles. The molecule has 0 aliphatic heterocycles. The second kappa shape index (κ2) is 7.47. The van der Waals surface area contributed by atoms with Crippen molar-refractivity contribution in [3.05, 3.63) is 47.0 Å². The number of nitrogens with zero attached hydrogens (tertiary/aromatic N) is 2. The van der Waals surface area contributed by atoms with E-state index in [2.05, 4.69) is 10.3 Å². The normalized spacial score (nSPS) is 15.2.